The van der Waals surface area contributed by atoms with Gasteiger partial charge >= 0.3 is 0 Å². The molecule has 0 amide bonds. The molecule has 0 fully saturated rings. The van der Waals surface area contributed by atoms with Crippen molar-refractivity contribution in [2.24, 2.45) is 5.73 Å². The summed E-state index contributed by atoms with van der Waals surface area (Å²) in [6.07, 6.45) is 8.28. The Bertz CT molecular complexity index is 284. The summed E-state index contributed by atoms with van der Waals surface area (Å²) in [6, 6.07) is 10.7. The average Bonchev–Trinajstić information content (AvgIpc) is 2.35. The zero-order valence-corrected chi connectivity index (χ0v) is 11.4. The highest BCUT2D eigenvalue weighted by Crippen LogP contribution is 2.23. The Morgan fingerprint density at radius 3 is 1.94 bits per heavy atom. The Balaban J connectivity index is 2.61. The zero-order valence-electron chi connectivity index (χ0n) is 11.4. The molecule has 0 bridgehead atoms. The molecular weight excluding hydrogens is 206 g/mol. The van der Waals surface area contributed by atoms with E-state index in [1.807, 2.05) is 0 Å². The van der Waals surface area contributed by atoms with Gasteiger partial charge < -0.3 is 5.73 Å². The molecule has 0 spiro atoms. The van der Waals surface area contributed by atoms with Gasteiger partial charge in [0.2, 0.25) is 0 Å². The molecule has 2 N–H and O–H groups in total. The summed E-state index contributed by atoms with van der Waals surface area (Å²) in [5, 5.41) is 0. The molecule has 0 aromatic heterocycles. The summed E-state index contributed by atoms with van der Waals surface area (Å²) >= 11 is 0. The fraction of sp³-hybridized carbons (Fsp3) is 0.625. The summed E-state index contributed by atoms with van der Waals surface area (Å²) in [6.45, 7) is 4.48. The summed E-state index contributed by atoms with van der Waals surface area (Å²) < 4.78 is 0. The van der Waals surface area contributed by atoms with Crippen LogP contribution in [-0.4, -0.2) is 5.54 Å². The molecule has 96 valence electrons. The van der Waals surface area contributed by atoms with E-state index in [9.17, 15) is 0 Å². The standard InChI is InChI=1S/C16H27N/c1-3-5-12-16(17,13-6-4-2)14-15-10-8-7-9-11-15/h7-11H,3-6,12-14,17H2,1-2H3. The summed E-state index contributed by atoms with van der Waals surface area (Å²) in [7, 11) is 0. The third kappa shape index (κ3) is 5.36. The van der Waals surface area contributed by atoms with Gasteiger partial charge in [-0.25, -0.2) is 0 Å². The van der Waals surface area contributed by atoms with Gasteiger partial charge in [0.1, 0.15) is 0 Å². The van der Waals surface area contributed by atoms with Gasteiger partial charge in [0.05, 0.1) is 0 Å². The first-order valence-electron chi connectivity index (χ1n) is 7.03. The van der Waals surface area contributed by atoms with Crippen LogP contribution in [0.15, 0.2) is 30.3 Å². The first-order valence-corrected chi connectivity index (χ1v) is 7.03. The molecule has 1 nitrogen and oxygen atoms in total. The molecule has 17 heavy (non-hydrogen) atoms. The molecule has 0 atom stereocenters. The lowest BCUT2D eigenvalue weighted by molar-refractivity contribution is 0.341. The molecule has 0 aliphatic rings. The minimum Gasteiger partial charge on any atom is -0.325 e. The van der Waals surface area contributed by atoms with Crippen LogP contribution in [0.5, 0.6) is 0 Å². The molecule has 1 rings (SSSR count). The maximum atomic E-state index is 6.60. The van der Waals surface area contributed by atoms with Crippen LogP contribution < -0.4 is 5.73 Å². The largest absolute Gasteiger partial charge is 0.325 e. The minimum absolute atomic E-state index is 0.00731. The maximum Gasteiger partial charge on any atom is 0.0195 e. The van der Waals surface area contributed by atoms with E-state index in [2.05, 4.69) is 44.2 Å². The topological polar surface area (TPSA) is 26.0 Å². The number of unbranched alkanes of at least 4 members (excludes halogenated alkanes) is 2. The van der Waals surface area contributed by atoms with Gasteiger partial charge in [-0.3, -0.25) is 0 Å². The van der Waals surface area contributed by atoms with Crippen molar-refractivity contribution in [1.82, 2.24) is 0 Å². The van der Waals surface area contributed by atoms with E-state index in [0.717, 1.165) is 19.3 Å². The van der Waals surface area contributed by atoms with Gasteiger partial charge in [-0.2, -0.15) is 0 Å². The normalized spacial score (nSPS) is 11.7. The van der Waals surface area contributed by atoms with E-state index in [-0.39, 0.29) is 5.54 Å². The van der Waals surface area contributed by atoms with E-state index in [1.165, 1.54) is 31.2 Å². The number of nitrogens with two attached hydrogens (primary N) is 1. The molecular formula is C16H27N. The monoisotopic (exact) mass is 233 g/mol. The van der Waals surface area contributed by atoms with Crippen molar-refractivity contribution in [1.29, 1.82) is 0 Å². The van der Waals surface area contributed by atoms with Crippen molar-refractivity contribution in [3.8, 4) is 0 Å². The van der Waals surface area contributed by atoms with E-state index >= 15 is 0 Å². The molecule has 0 unspecified atom stereocenters. The highest BCUT2D eigenvalue weighted by molar-refractivity contribution is 5.17. The predicted molar refractivity (Wildman–Crippen MR) is 76.1 cm³/mol. The van der Waals surface area contributed by atoms with Crippen LogP contribution in [0.4, 0.5) is 0 Å². The second kappa shape index (κ2) is 7.50. The van der Waals surface area contributed by atoms with Gasteiger partial charge in [-0.15, -0.1) is 0 Å². The van der Waals surface area contributed by atoms with Crippen LogP contribution >= 0.6 is 0 Å². The quantitative estimate of drug-likeness (QED) is 0.711. The highest BCUT2D eigenvalue weighted by atomic mass is 14.7. The highest BCUT2D eigenvalue weighted by Gasteiger charge is 2.23. The van der Waals surface area contributed by atoms with Crippen molar-refractivity contribution in [3.05, 3.63) is 35.9 Å². The van der Waals surface area contributed by atoms with Crippen molar-refractivity contribution in [2.45, 2.75) is 64.3 Å². The van der Waals surface area contributed by atoms with E-state index in [0.29, 0.717) is 0 Å². The van der Waals surface area contributed by atoms with E-state index in [4.69, 9.17) is 5.73 Å². The Kier molecular flexibility index (Phi) is 6.28. The second-order valence-electron chi connectivity index (χ2n) is 5.23. The third-order valence-electron chi connectivity index (χ3n) is 3.46. The SMILES string of the molecule is CCCCC(N)(CCCC)Cc1ccccc1. The average molecular weight is 233 g/mol. The summed E-state index contributed by atoms with van der Waals surface area (Å²) in [5.41, 5.74) is 7.99. The van der Waals surface area contributed by atoms with Gasteiger partial charge in [-0.1, -0.05) is 69.9 Å². The smallest absolute Gasteiger partial charge is 0.0195 e. The molecule has 0 saturated carbocycles. The van der Waals surface area contributed by atoms with Gasteiger partial charge in [-0.05, 0) is 24.8 Å². The van der Waals surface area contributed by atoms with Crippen molar-refractivity contribution in [2.75, 3.05) is 0 Å². The Labute approximate surface area is 106 Å². The van der Waals surface area contributed by atoms with Gasteiger partial charge in [0.15, 0.2) is 0 Å². The molecule has 0 aliphatic carbocycles. The maximum absolute atomic E-state index is 6.60. The second-order valence-corrected chi connectivity index (χ2v) is 5.23. The Morgan fingerprint density at radius 2 is 1.47 bits per heavy atom. The fourth-order valence-corrected chi connectivity index (χ4v) is 2.36. The molecule has 0 aliphatic heterocycles. The van der Waals surface area contributed by atoms with Crippen LogP contribution in [0.1, 0.15) is 57.9 Å². The van der Waals surface area contributed by atoms with Crippen LogP contribution in [0.25, 0.3) is 0 Å². The Morgan fingerprint density at radius 1 is 0.941 bits per heavy atom. The van der Waals surface area contributed by atoms with Crippen LogP contribution in [0.3, 0.4) is 0 Å². The summed E-state index contributed by atoms with van der Waals surface area (Å²) in [4.78, 5) is 0. The predicted octanol–water partition coefficient (Wildman–Crippen LogP) is 4.31. The lowest BCUT2D eigenvalue weighted by Gasteiger charge is -2.30. The first kappa shape index (κ1) is 14.2. The summed E-state index contributed by atoms with van der Waals surface area (Å²) in [5.74, 6) is 0. The first-order chi connectivity index (χ1) is 8.20. The van der Waals surface area contributed by atoms with Crippen LogP contribution in [-0.2, 0) is 6.42 Å². The molecule has 0 heterocycles. The van der Waals surface area contributed by atoms with Crippen LogP contribution in [0, 0.1) is 0 Å². The third-order valence-corrected chi connectivity index (χ3v) is 3.46. The molecule has 0 radical (unpaired) electrons. The number of hydrogen-bond acceptors (Lipinski definition) is 1. The van der Waals surface area contributed by atoms with Crippen molar-refractivity contribution in [3.63, 3.8) is 0 Å². The lowest BCUT2D eigenvalue weighted by Crippen LogP contribution is -2.42. The number of benzene rings is 1. The van der Waals surface area contributed by atoms with Crippen LogP contribution in [0.2, 0.25) is 0 Å². The van der Waals surface area contributed by atoms with E-state index in [1.54, 1.807) is 0 Å². The van der Waals surface area contributed by atoms with E-state index < -0.39 is 0 Å². The Hall–Kier alpha value is -0.820. The molecule has 0 saturated heterocycles. The number of rotatable bonds is 8. The van der Waals surface area contributed by atoms with Gasteiger partial charge in [0.25, 0.3) is 0 Å². The minimum atomic E-state index is 0.00731. The molecule has 1 aromatic rings. The fourth-order valence-electron chi connectivity index (χ4n) is 2.36. The van der Waals surface area contributed by atoms with Gasteiger partial charge in [0, 0.05) is 5.54 Å². The van der Waals surface area contributed by atoms with Crippen molar-refractivity contribution < 1.29 is 0 Å². The number of hydrogen-bond donors (Lipinski definition) is 1. The molecule has 1 heteroatoms. The zero-order chi connectivity index (χ0) is 12.6. The lowest BCUT2D eigenvalue weighted by atomic mass is 9.82. The molecule has 1 aromatic carbocycles. The van der Waals surface area contributed by atoms with Crippen molar-refractivity contribution >= 4 is 0 Å².